The first-order chi connectivity index (χ1) is 9.20. The Balaban J connectivity index is 2.00. The third-order valence-corrected chi connectivity index (χ3v) is 4.11. The monoisotopic (exact) mass is 281 g/mol. The Labute approximate surface area is 117 Å². The molecule has 1 aliphatic rings. The van der Waals surface area contributed by atoms with Crippen molar-refractivity contribution < 1.29 is 14.3 Å². The Kier molecular flexibility index (Phi) is 5.10. The van der Waals surface area contributed by atoms with E-state index in [0.717, 1.165) is 30.1 Å². The fourth-order valence-electron chi connectivity index (χ4n) is 1.98. The molecule has 1 unspecified atom stereocenters. The highest BCUT2D eigenvalue weighted by molar-refractivity contribution is 7.99. The molecular weight excluding hydrogens is 262 g/mol. The quantitative estimate of drug-likeness (QED) is 0.511. The summed E-state index contributed by atoms with van der Waals surface area (Å²) in [6.45, 7) is 3.00. The van der Waals surface area contributed by atoms with Gasteiger partial charge in [-0.05, 0) is 38.0 Å². The molecule has 104 valence electrons. The first kappa shape index (κ1) is 14.2. The van der Waals surface area contributed by atoms with E-state index < -0.39 is 0 Å². The summed E-state index contributed by atoms with van der Waals surface area (Å²) in [6.07, 6.45) is 2.59. The summed E-state index contributed by atoms with van der Waals surface area (Å²) in [5, 5.41) is 0. The molecule has 2 rings (SSSR count). The van der Waals surface area contributed by atoms with Gasteiger partial charge >= 0.3 is 5.97 Å². The van der Waals surface area contributed by atoms with Gasteiger partial charge in [-0.1, -0.05) is 0 Å². The molecule has 2 N–H and O–H groups in total. The van der Waals surface area contributed by atoms with Gasteiger partial charge in [-0.2, -0.15) is 0 Å². The number of esters is 1. The van der Waals surface area contributed by atoms with Crippen molar-refractivity contribution in [1.29, 1.82) is 0 Å². The maximum atomic E-state index is 11.7. The molecule has 1 aliphatic heterocycles. The SMILES string of the molecule is CCOC(=O)c1cc(SCC2CCCO2)ccc1N. The van der Waals surface area contributed by atoms with Crippen LogP contribution in [0.5, 0.6) is 0 Å². The van der Waals surface area contributed by atoms with Gasteiger partial charge in [0.1, 0.15) is 0 Å². The smallest absolute Gasteiger partial charge is 0.340 e. The van der Waals surface area contributed by atoms with E-state index in [1.807, 2.05) is 6.07 Å². The Morgan fingerprint density at radius 3 is 3.11 bits per heavy atom. The van der Waals surface area contributed by atoms with E-state index in [2.05, 4.69) is 0 Å². The van der Waals surface area contributed by atoms with E-state index >= 15 is 0 Å². The molecule has 1 aromatic rings. The molecule has 0 amide bonds. The van der Waals surface area contributed by atoms with Gasteiger partial charge in [0.25, 0.3) is 0 Å². The summed E-state index contributed by atoms with van der Waals surface area (Å²) in [4.78, 5) is 12.8. The standard InChI is InChI=1S/C14H19NO3S/c1-2-17-14(16)12-8-11(5-6-13(12)15)19-9-10-4-3-7-18-10/h5-6,8,10H,2-4,7,9,15H2,1H3. The van der Waals surface area contributed by atoms with Crippen LogP contribution in [0.25, 0.3) is 0 Å². The van der Waals surface area contributed by atoms with Crippen molar-refractivity contribution in [1.82, 2.24) is 0 Å². The van der Waals surface area contributed by atoms with Crippen LogP contribution in [-0.2, 0) is 9.47 Å². The summed E-state index contributed by atoms with van der Waals surface area (Å²) in [6, 6.07) is 5.48. The minimum Gasteiger partial charge on any atom is -0.462 e. The molecule has 5 heteroatoms. The molecule has 19 heavy (non-hydrogen) atoms. The van der Waals surface area contributed by atoms with Crippen molar-refractivity contribution in [3.8, 4) is 0 Å². The van der Waals surface area contributed by atoms with Gasteiger partial charge in [-0.15, -0.1) is 11.8 Å². The molecule has 1 heterocycles. The molecule has 0 radical (unpaired) electrons. The van der Waals surface area contributed by atoms with E-state index in [9.17, 15) is 4.79 Å². The zero-order chi connectivity index (χ0) is 13.7. The van der Waals surface area contributed by atoms with Crippen LogP contribution in [0.3, 0.4) is 0 Å². The van der Waals surface area contributed by atoms with Crippen LogP contribution >= 0.6 is 11.8 Å². The molecule has 0 aliphatic carbocycles. The molecule has 0 spiro atoms. The maximum Gasteiger partial charge on any atom is 0.340 e. The highest BCUT2D eigenvalue weighted by atomic mass is 32.2. The van der Waals surface area contributed by atoms with Crippen LogP contribution in [0.2, 0.25) is 0 Å². The van der Waals surface area contributed by atoms with Gasteiger partial charge in [-0.25, -0.2) is 4.79 Å². The molecule has 1 fully saturated rings. The van der Waals surface area contributed by atoms with Gasteiger partial charge < -0.3 is 15.2 Å². The second-order valence-corrected chi connectivity index (χ2v) is 5.51. The van der Waals surface area contributed by atoms with E-state index in [-0.39, 0.29) is 5.97 Å². The van der Waals surface area contributed by atoms with Crippen LogP contribution in [0, 0.1) is 0 Å². The topological polar surface area (TPSA) is 61.5 Å². The highest BCUT2D eigenvalue weighted by Crippen LogP contribution is 2.26. The predicted molar refractivity (Wildman–Crippen MR) is 76.5 cm³/mol. The zero-order valence-electron chi connectivity index (χ0n) is 11.1. The van der Waals surface area contributed by atoms with Gasteiger partial charge in [0.15, 0.2) is 0 Å². The molecule has 0 saturated carbocycles. The average molecular weight is 281 g/mol. The number of benzene rings is 1. The van der Waals surface area contributed by atoms with Crippen molar-refractivity contribution >= 4 is 23.4 Å². The Morgan fingerprint density at radius 2 is 2.42 bits per heavy atom. The van der Waals surface area contributed by atoms with Crippen molar-refractivity contribution in [2.45, 2.75) is 30.8 Å². The maximum absolute atomic E-state index is 11.7. The number of nitrogens with two attached hydrogens (primary N) is 1. The lowest BCUT2D eigenvalue weighted by Crippen LogP contribution is -2.09. The summed E-state index contributed by atoms with van der Waals surface area (Å²) in [7, 11) is 0. The summed E-state index contributed by atoms with van der Waals surface area (Å²) < 4.78 is 10.6. The number of nitrogen functional groups attached to an aromatic ring is 1. The number of carbonyl (C=O) groups is 1. The largest absolute Gasteiger partial charge is 0.462 e. The Hall–Kier alpha value is -1.20. The van der Waals surface area contributed by atoms with Crippen molar-refractivity contribution in [2.75, 3.05) is 24.7 Å². The first-order valence-corrected chi connectivity index (χ1v) is 7.50. The number of carbonyl (C=O) groups excluding carboxylic acids is 1. The number of hydrogen-bond donors (Lipinski definition) is 1. The van der Waals surface area contributed by atoms with Gasteiger partial charge in [-0.3, -0.25) is 0 Å². The van der Waals surface area contributed by atoms with Crippen LogP contribution in [0.15, 0.2) is 23.1 Å². The fraction of sp³-hybridized carbons (Fsp3) is 0.500. The molecule has 4 nitrogen and oxygen atoms in total. The van der Waals surface area contributed by atoms with Crippen LogP contribution in [-0.4, -0.2) is 31.0 Å². The Morgan fingerprint density at radius 1 is 1.58 bits per heavy atom. The van der Waals surface area contributed by atoms with E-state index in [1.165, 1.54) is 0 Å². The highest BCUT2D eigenvalue weighted by Gasteiger charge is 2.16. The van der Waals surface area contributed by atoms with E-state index in [4.69, 9.17) is 15.2 Å². The minimum atomic E-state index is -0.362. The van der Waals surface area contributed by atoms with Crippen molar-refractivity contribution in [3.63, 3.8) is 0 Å². The lowest BCUT2D eigenvalue weighted by atomic mass is 10.2. The number of hydrogen-bond acceptors (Lipinski definition) is 5. The lowest BCUT2D eigenvalue weighted by Gasteiger charge is -2.10. The van der Waals surface area contributed by atoms with Crippen molar-refractivity contribution in [2.24, 2.45) is 0 Å². The second kappa shape index (κ2) is 6.82. The predicted octanol–water partition coefficient (Wildman–Crippen LogP) is 2.72. The van der Waals surface area contributed by atoms with Crippen LogP contribution < -0.4 is 5.73 Å². The third-order valence-electron chi connectivity index (χ3n) is 2.98. The van der Waals surface area contributed by atoms with Crippen LogP contribution in [0.1, 0.15) is 30.1 Å². The average Bonchev–Trinajstić information content (AvgIpc) is 2.91. The molecule has 1 saturated heterocycles. The van der Waals surface area contributed by atoms with Crippen LogP contribution in [0.4, 0.5) is 5.69 Å². The normalized spacial score (nSPS) is 18.5. The molecule has 1 aromatic carbocycles. The number of thioether (sulfide) groups is 1. The number of rotatable bonds is 5. The Bertz CT molecular complexity index is 444. The number of anilines is 1. The van der Waals surface area contributed by atoms with E-state index in [0.29, 0.717) is 24.0 Å². The summed E-state index contributed by atoms with van der Waals surface area (Å²) in [5.74, 6) is 0.547. The van der Waals surface area contributed by atoms with Gasteiger partial charge in [0.2, 0.25) is 0 Å². The minimum absolute atomic E-state index is 0.327. The second-order valence-electron chi connectivity index (χ2n) is 4.42. The van der Waals surface area contributed by atoms with Gasteiger partial charge in [0.05, 0.1) is 18.3 Å². The fourth-order valence-corrected chi connectivity index (χ4v) is 2.98. The number of ether oxygens (including phenoxy) is 2. The summed E-state index contributed by atoms with van der Waals surface area (Å²) in [5.41, 5.74) is 6.71. The molecule has 0 bridgehead atoms. The lowest BCUT2D eigenvalue weighted by molar-refractivity contribution is 0.0527. The molecule has 1 atom stereocenters. The molecular formula is C14H19NO3S. The van der Waals surface area contributed by atoms with Crippen molar-refractivity contribution in [3.05, 3.63) is 23.8 Å². The van der Waals surface area contributed by atoms with Gasteiger partial charge in [0, 0.05) is 22.9 Å². The summed E-state index contributed by atoms with van der Waals surface area (Å²) >= 11 is 1.69. The first-order valence-electron chi connectivity index (χ1n) is 6.51. The van der Waals surface area contributed by atoms with E-state index in [1.54, 1.807) is 30.8 Å². The zero-order valence-corrected chi connectivity index (χ0v) is 11.9. The third kappa shape index (κ3) is 3.88. The molecule has 0 aromatic heterocycles.